The fourth-order valence-corrected chi connectivity index (χ4v) is 4.40. The van der Waals surface area contributed by atoms with Gasteiger partial charge in [-0.15, -0.1) is 11.3 Å². The summed E-state index contributed by atoms with van der Waals surface area (Å²) in [5.74, 6) is 0. The Labute approximate surface area is 116 Å². The number of nitrogens with one attached hydrogen (secondary N) is 1. The molecule has 1 heterocycles. The Kier molecular flexibility index (Phi) is 5.84. The van der Waals surface area contributed by atoms with Crippen LogP contribution >= 0.6 is 11.3 Å². The number of aryl methyl sites for hydroxylation is 1. The van der Waals surface area contributed by atoms with Gasteiger partial charge in [0.15, 0.2) is 0 Å². The number of thiophene rings is 1. The van der Waals surface area contributed by atoms with E-state index in [1.54, 1.807) is 0 Å². The highest BCUT2D eigenvalue weighted by Crippen LogP contribution is 2.28. The van der Waals surface area contributed by atoms with Crippen molar-refractivity contribution < 1.29 is 17.2 Å². The molecular weight excluding hydrogens is 294 g/mol. The summed E-state index contributed by atoms with van der Waals surface area (Å²) in [6.07, 6.45) is -2.68. The van der Waals surface area contributed by atoms with Crippen LogP contribution in [0, 0.1) is 6.92 Å². The first-order valence-corrected chi connectivity index (χ1v) is 8.09. The molecule has 0 radical (unpaired) electrons. The molecule has 1 aromatic rings. The van der Waals surface area contributed by atoms with E-state index >= 15 is 0 Å². The van der Waals surface area contributed by atoms with Crippen molar-refractivity contribution >= 4 is 21.4 Å². The minimum absolute atomic E-state index is 0.112. The first-order valence-electron chi connectivity index (χ1n) is 5.83. The standard InChI is InChI=1S/C11H18F2N2O2S2/c1-4-14-6-9-8(2)5-11(18-9)19(16,17)15(3)7-10(12)13/h5,10,14H,4,6-7H2,1-3H3. The molecule has 0 unspecified atom stereocenters. The number of rotatable bonds is 7. The maximum Gasteiger partial charge on any atom is 0.252 e. The lowest BCUT2D eigenvalue weighted by molar-refractivity contribution is 0.126. The van der Waals surface area contributed by atoms with Crippen molar-refractivity contribution in [1.29, 1.82) is 0 Å². The Balaban J connectivity index is 2.96. The smallest absolute Gasteiger partial charge is 0.252 e. The van der Waals surface area contributed by atoms with Crippen molar-refractivity contribution in [3.05, 3.63) is 16.5 Å². The van der Waals surface area contributed by atoms with Gasteiger partial charge in [0.25, 0.3) is 16.4 Å². The number of sulfonamides is 1. The van der Waals surface area contributed by atoms with Crippen LogP contribution in [-0.2, 0) is 16.6 Å². The lowest BCUT2D eigenvalue weighted by Crippen LogP contribution is -2.30. The highest BCUT2D eigenvalue weighted by molar-refractivity contribution is 7.91. The van der Waals surface area contributed by atoms with Gasteiger partial charge in [-0.1, -0.05) is 6.92 Å². The zero-order valence-corrected chi connectivity index (χ0v) is 12.7. The minimum Gasteiger partial charge on any atom is -0.312 e. The maximum atomic E-state index is 12.3. The third-order valence-electron chi connectivity index (χ3n) is 2.59. The molecule has 0 bridgehead atoms. The van der Waals surface area contributed by atoms with Gasteiger partial charge < -0.3 is 5.32 Å². The first-order chi connectivity index (χ1) is 8.78. The molecule has 1 rings (SSSR count). The number of hydrogen-bond donors (Lipinski definition) is 1. The molecule has 0 spiro atoms. The summed E-state index contributed by atoms with van der Waals surface area (Å²) in [5.41, 5.74) is 0.856. The Morgan fingerprint density at radius 2 is 2.11 bits per heavy atom. The van der Waals surface area contributed by atoms with Crippen LogP contribution in [0.1, 0.15) is 17.4 Å². The van der Waals surface area contributed by atoms with Crippen LogP contribution in [0.25, 0.3) is 0 Å². The fraction of sp³-hybridized carbons (Fsp3) is 0.636. The highest BCUT2D eigenvalue weighted by atomic mass is 32.2. The van der Waals surface area contributed by atoms with Crippen LogP contribution in [0.2, 0.25) is 0 Å². The summed E-state index contributed by atoms with van der Waals surface area (Å²) < 4.78 is 49.5. The van der Waals surface area contributed by atoms with Crippen LogP contribution in [0.4, 0.5) is 8.78 Å². The van der Waals surface area contributed by atoms with Gasteiger partial charge in [-0.2, -0.15) is 4.31 Å². The second-order valence-corrected chi connectivity index (χ2v) is 7.54. The van der Waals surface area contributed by atoms with Crippen molar-refractivity contribution in [1.82, 2.24) is 9.62 Å². The second-order valence-electron chi connectivity index (χ2n) is 4.13. The maximum absolute atomic E-state index is 12.3. The predicted octanol–water partition coefficient (Wildman–Crippen LogP) is 2.05. The van der Waals surface area contributed by atoms with Gasteiger partial charge in [-0.25, -0.2) is 17.2 Å². The molecule has 0 aliphatic rings. The van der Waals surface area contributed by atoms with Gasteiger partial charge in [-0.05, 0) is 25.1 Å². The van der Waals surface area contributed by atoms with Crippen LogP contribution in [0.5, 0.6) is 0 Å². The van der Waals surface area contributed by atoms with E-state index in [-0.39, 0.29) is 4.21 Å². The van der Waals surface area contributed by atoms with E-state index in [2.05, 4.69) is 5.32 Å². The summed E-state index contributed by atoms with van der Waals surface area (Å²) in [7, 11) is -2.65. The molecule has 19 heavy (non-hydrogen) atoms. The molecule has 0 aliphatic heterocycles. The normalized spacial score (nSPS) is 12.6. The molecule has 0 fully saturated rings. The average Bonchev–Trinajstić information content (AvgIpc) is 2.67. The molecule has 0 aromatic carbocycles. The molecule has 8 heteroatoms. The van der Waals surface area contributed by atoms with Crippen molar-refractivity contribution in [3.63, 3.8) is 0 Å². The summed E-state index contributed by atoms with van der Waals surface area (Å²) in [4.78, 5) is 0.908. The van der Waals surface area contributed by atoms with E-state index in [1.165, 1.54) is 13.1 Å². The molecule has 110 valence electrons. The van der Waals surface area contributed by atoms with Crippen molar-refractivity contribution in [3.8, 4) is 0 Å². The lowest BCUT2D eigenvalue weighted by atomic mass is 10.3. The minimum atomic E-state index is -3.82. The molecule has 0 saturated heterocycles. The van der Waals surface area contributed by atoms with E-state index in [0.29, 0.717) is 10.8 Å². The van der Waals surface area contributed by atoms with Crippen molar-refractivity contribution in [2.45, 2.75) is 31.0 Å². The van der Waals surface area contributed by atoms with Crippen LogP contribution < -0.4 is 5.32 Å². The van der Waals surface area contributed by atoms with Gasteiger partial charge >= 0.3 is 0 Å². The monoisotopic (exact) mass is 312 g/mol. The number of hydrogen-bond acceptors (Lipinski definition) is 4. The molecule has 0 aliphatic carbocycles. The number of nitrogens with zero attached hydrogens (tertiary/aromatic N) is 1. The fourth-order valence-electron chi connectivity index (χ4n) is 1.48. The topological polar surface area (TPSA) is 49.4 Å². The average molecular weight is 312 g/mol. The van der Waals surface area contributed by atoms with E-state index in [9.17, 15) is 17.2 Å². The molecular formula is C11H18F2N2O2S2. The van der Waals surface area contributed by atoms with Gasteiger partial charge in [0.1, 0.15) is 4.21 Å². The molecule has 0 amide bonds. The van der Waals surface area contributed by atoms with Gasteiger partial charge in [-0.3, -0.25) is 0 Å². The summed E-state index contributed by atoms with van der Waals surface area (Å²) in [5, 5.41) is 3.11. The molecule has 4 nitrogen and oxygen atoms in total. The Morgan fingerprint density at radius 3 is 2.63 bits per heavy atom. The highest BCUT2D eigenvalue weighted by Gasteiger charge is 2.26. The summed E-state index contributed by atoms with van der Waals surface area (Å²) in [6.45, 7) is 4.35. The molecule has 1 N–H and O–H groups in total. The number of halogens is 2. The summed E-state index contributed by atoms with van der Waals surface area (Å²) in [6, 6.07) is 1.54. The van der Waals surface area contributed by atoms with Gasteiger partial charge in [0, 0.05) is 18.5 Å². The van der Waals surface area contributed by atoms with Crippen molar-refractivity contribution in [2.24, 2.45) is 0 Å². The second kappa shape index (κ2) is 6.74. The molecule has 1 aromatic heterocycles. The Bertz CT molecular complexity index is 515. The van der Waals surface area contributed by atoms with E-state index in [4.69, 9.17) is 0 Å². The van der Waals surface area contributed by atoms with Crippen LogP contribution in [0.3, 0.4) is 0 Å². The van der Waals surface area contributed by atoms with Gasteiger partial charge in [0.2, 0.25) is 0 Å². The lowest BCUT2D eigenvalue weighted by Gasteiger charge is -2.14. The predicted molar refractivity (Wildman–Crippen MR) is 72.3 cm³/mol. The van der Waals surface area contributed by atoms with E-state index in [0.717, 1.165) is 28.3 Å². The van der Waals surface area contributed by atoms with Crippen LogP contribution in [-0.4, -0.2) is 39.3 Å². The van der Waals surface area contributed by atoms with Gasteiger partial charge in [0.05, 0.1) is 6.54 Å². The van der Waals surface area contributed by atoms with Crippen molar-refractivity contribution in [2.75, 3.05) is 20.1 Å². The molecule has 0 saturated carbocycles. The third kappa shape index (κ3) is 4.20. The Hall–Kier alpha value is -0.570. The van der Waals surface area contributed by atoms with E-state index in [1.807, 2.05) is 13.8 Å². The van der Waals surface area contributed by atoms with Crippen LogP contribution in [0.15, 0.2) is 10.3 Å². The largest absolute Gasteiger partial charge is 0.312 e. The third-order valence-corrected chi connectivity index (χ3v) is 6.10. The quantitative estimate of drug-likeness (QED) is 0.838. The zero-order chi connectivity index (χ0) is 14.6. The Morgan fingerprint density at radius 1 is 1.47 bits per heavy atom. The summed E-state index contributed by atoms with van der Waals surface area (Å²) >= 11 is 1.12. The SMILES string of the molecule is CCNCc1sc(S(=O)(=O)N(C)CC(F)F)cc1C. The first kappa shape index (κ1) is 16.5. The van der Waals surface area contributed by atoms with E-state index < -0.39 is 23.0 Å². The number of alkyl halides is 2. The zero-order valence-electron chi connectivity index (χ0n) is 11.1. The molecule has 0 atom stereocenters.